The first-order chi connectivity index (χ1) is 14.1. The third-order valence-electron chi connectivity index (χ3n) is 6.98. The Kier molecular flexibility index (Phi) is 4.89. The molecule has 4 heteroatoms. The minimum absolute atomic E-state index is 0.153. The van der Waals surface area contributed by atoms with E-state index in [0.717, 1.165) is 30.9 Å². The number of benzene rings is 1. The molecule has 1 N–H and O–H groups in total. The summed E-state index contributed by atoms with van der Waals surface area (Å²) in [7, 11) is 0. The monoisotopic (exact) mass is 392 g/mol. The highest BCUT2D eigenvalue weighted by molar-refractivity contribution is 5.95. The summed E-state index contributed by atoms with van der Waals surface area (Å²) in [5.74, 6) is 1.19. The lowest BCUT2D eigenvalue weighted by Gasteiger charge is -2.27. The molecule has 152 valence electrons. The summed E-state index contributed by atoms with van der Waals surface area (Å²) in [5, 5.41) is 3.17. The van der Waals surface area contributed by atoms with Gasteiger partial charge in [0.2, 0.25) is 0 Å². The second-order valence-corrected chi connectivity index (χ2v) is 9.24. The highest BCUT2D eigenvalue weighted by Crippen LogP contribution is 2.46. The number of carbonyl (C=O) groups is 1. The van der Waals surface area contributed by atoms with Crippen molar-refractivity contribution in [3.8, 4) is 0 Å². The SMILES string of the molecule is O=C(NC1(c2ccc3c(n2)CCCC3CCCC2CC2)CC1)c1ccc(F)cc1. The maximum Gasteiger partial charge on any atom is 0.252 e. The second kappa shape index (κ2) is 7.55. The Bertz CT molecular complexity index is 900. The Morgan fingerprint density at radius 2 is 1.86 bits per heavy atom. The molecule has 0 radical (unpaired) electrons. The zero-order valence-corrected chi connectivity index (χ0v) is 16.9. The summed E-state index contributed by atoms with van der Waals surface area (Å²) in [5.41, 5.74) is 3.82. The molecule has 1 unspecified atom stereocenters. The van der Waals surface area contributed by atoms with Gasteiger partial charge < -0.3 is 5.32 Å². The predicted molar refractivity (Wildman–Crippen MR) is 111 cm³/mol. The van der Waals surface area contributed by atoms with E-state index < -0.39 is 0 Å². The summed E-state index contributed by atoms with van der Waals surface area (Å²) in [6, 6.07) is 10.1. The molecule has 1 amide bonds. The van der Waals surface area contributed by atoms with E-state index in [2.05, 4.69) is 17.4 Å². The molecule has 2 fully saturated rings. The van der Waals surface area contributed by atoms with Crippen molar-refractivity contribution in [3.05, 3.63) is 64.7 Å². The molecule has 5 rings (SSSR count). The number of nitrogens with one attached hydrogen (secondary N) is 1. The Hall–Kier alpha value is -2.23. The van der Waals surface area contributed by atoms with Gasteiger partial charge in [0, 0.05) is 11.3 Å². The van der Waals surface area contributed by atoms with Crippen LogP contribution in [0.3, 0.4) is 0 Å². The van der Waals surface area contributed by atoms with Crippen molar-refractivity contribution in [1.29, 1.82) is 0 Å². The van der Waals surface area contributed by atoms with E-state index in [1.165, 1.54) is 80.5 Å². The molecule has 0 bridgehead atoms. The van der Waals surface area contributed by atoms with Crippen molar-refractivity contribution in [2.45, 2.75) is 75.7 Å². The van der Waals surface area contributed by atoms with Gasteiger partial charge in [-0.3, -0.25) is 9.78 Å². The first kappa shape index (κ1) is 18.8. The van der Waals surface area contributed by atoms with Gasteiger partial charge in [0.05, 0.1) is 11.2 Å². The average Bonchev–Trinajstić information content (AvgIpc) is 3.65. The fraction of sp³-hybridized carbons (Fsp3) is 0.520. The van der Waals surface area contributed by atoms with Crippen LogP contribution in [0, 0.1) is 11.7 Å². The number of carbonyl (C=O) groups excluding carboxylic acids is 1. The number of nitrogens with zero attached hydrogens (tertiary/aromatic N) is 1. The molecule has 0 spiro atoms. The summed E-state index contributed by atoms with van der Waals surface area (Å²) in [6.07, 6.45) is 12.3. The van der Waals surface area contributed by atoms with Crippen LogP contribution < -0.4 is 5.32 Å². The molecule has 3 aliphatic rings. The van der Waals surface area contributed by atoms with Crippen molar-refractivity contribution in [1.82, 2.24) is 10.3 Å². The molecule has 3 aliphatic carbocycles. The Labute approximate surface area is 172 Å². The van der Waals surface area contributed by atoms with E-state index in [0.29, 0.717) is 11.5 Å². The second-order valence-electron chi connectivity index (χ2n) is 9.24. The van der Waals surface area contributed by atoms with Gasteiger partial charge >= 0.3 is 0 Å². The normalized spacial score (nSPS) is 22.0. The number of fused-ring (bicyclic) bond motifs is 1. The maximum absolute atomic E-state index is 13.1. The summed E-state index contributed by atoms with van der Waals surface area (Å²) < 4.78 is 13.1. The van der Waals surface area contributed by atoms with Gasteiger partial charge in [-0.05, 0) is 86.3 Å². The molecular formula is C25H29FN2O. The van der Waals surface area contributed by atoms with E-state index in [1.807, 2.05) is 0 Å². The van der Waals surface area contributed by atoms with Crippen molar-refractivity contribution >= 4 is 5.91 Å². The van der Waals surface area contributed by atoms with Gasteiger partial charge in [-0.1, -0.05) is 31.7 Å². The molecule has 29 heavy (non-hydrogen) atoms. The van der Waals surface area contributed by atoms with Crippen molar-refractivity contribution in [3.63, 3.8) is 0 Å². The van der Waals surface area contributed by atoms with E-state index >= 15 is 0 Å². The molecule has 2 saturated carbocycles. The van der Waals surface area contributed by atoms with Crippen LogP contribution in [0.1, 0.15) is 91.0 Å². The van der Waals surface area contributed by atoms with Crippen molar-refractivity contribution in [2.75, 3.05) is 0 Å². The quantitative estimate of drug-likeness (QED) is 0.662. The molecule has 1 aromatic carbocycles. The largest absolute Gasteiger partial charge is 0.341 e. The summed E-state index contributed by atoms with van der Waals surface area (Å²) >= 11 is 0. The lowest BCUT2D eigenvalue weighted by atomic mass is 9.82. The van der Waals surface area contributed by atoms with Crippen LogP contribution in [0.2, 0.25) is 0 Å². The topological polar surface area (TPSA) is 42.0 Å². The van der Waals surface area contributed by atoms with Gasteiger partial charge in [-0.25, -0.2) is 4.39 Å². The highest BCUT2D eigenvalue weighted by Gasteiger charge is 2.47. The number of hydrogen-bond acceptors (Lipinski definition) is 2. The van der Waals surface area contributed by atoms with Gasteiger partial charge in [0.15, 0.2) is 0 Å². The summed E-state index contributed by atoms with van der Waals surface area (Å²) in [4.78, 5) is 17.7. The van der Waals surface area contributed by atoms with Crippen LogP contribution in [-0.2, 0) is 12.0 Å². The lowest BCUT2D eigenvalue weighted by molar-refractivity contribution is 0.0929. The molecule has 1 aromatic heterocycles. The minimum atomic E-state index is -0.348. The van der Waals surface area contributed by atoms with Crippen molar-refractivity contribution < 1.29 is 9.18 Å². The first-order valence-electron chi connectivity index (χ1n) is 11.2. The fourth-order valence-electron chi connectivity index (χ4n) is 4.84. The molecule has 1 heterocycles. The maximum atomic E-state index is 13.1. The van der Waals surface area contributed by atoms with Gasteiger partial charge in [-0.2, -0.15) is 0 Å². The standard InChI is InChI=1S/C25H29FN2O/c26-20-11-9-19(10-12-20)24(29)28-25(15-16-25)23-14-13-21-18(4-1-3-17-7-8-17)5-2-6-22(21)27-23/h9-14,17-18H,1-8,15-16H2,(H,28,29). The predicted octanol–water partition coefficient (Wildman–Crippen LogP) is 5.64. The first-order valence-corrected chi connectivity index (χ1v) is 11.2. The molecule has 3 nitrogen and oxygen atoms in total. The number of aromatic nitrogens is 1. The smallest absolute Gasteiger partial charge is 0.252 e. The van der Waals surface area contributed by atoms with E-state index in [-0.39, 0.29) is 17.3 Å². The Morgan fingerprint density at radius 3 is 2.59 bits per heavy atom. The molecular weight excluding hydrogens is 363 g/mol. The number of hydrogen-bond donors (Lipinski definition) is 1. The molecule has 0 saturated heterocycles. The van der Waals surface area contributed by atoms with E-state index in [9.17, 15) is 9.18 Å². The van der Waals surface area contributed by atoms with Gasteiger partial charge in [0.25, 0.3) is 5.91 Å². The molecule has 2 aromatic rings. The van der Waals surface area contributed by atoms with Crippen LogP contribution in [0.5, 0.6) is 0 Å². The van der Waals surface area contributed by atoms with Crippen molar-refractivity contribution in [2.24, 2.45) is 5.92 Å². The number of rotatable bonds is 7. The summed E-state index contributed by atoms with van der Waals surface area (Å²) in [6.45, 7) is 0. The third-order valence-corrected chi connectivity index (χ3v) is 6.98. The average molecular weight is 393 g/mol. The Morgan fingerprint density at radius 1 is 1.07 bits per heavy atom. The number of amides is 1. The third kappa shape index (κ3) is 4.08. The van der Waals surface area contributed by atoms with Gasteiger partial charge in [-0.15, -0.1) is 0 Å². The van der Waals surface area contributed by atoms with Crippen LogP contribution >= 0.6 is 0 Å². The van der Waals surface area contributed by atoms with Gasteiger partial charge in [0.1, 0.15) is 5.82 Å². The molecule has 1 atom stereocenters. The number of pyridine rings is 1. The highest BCUT2D eigenvalue weighted by atomic mass is 19.1. The fourth-order valence-corrected chi connectivity index (χ4v) is 4.84. The van der Waals surface area contributed by atoms with Crippen LogP contribution in [0.15, 0.2) is 36.4 Å². The lowest BCUT2D eigenvalue weighted by Crippen LogP contribution is -2.36. The minimum Gasteiger partial charge on any atom is -0.341 e. The van der Waals surface area contributed by atoms with Crippen LogP contribution in [0.25, 0.3) is 0 Å². The zero-order valence-electron chi connectivity index (χ0n) is 16.9. The zero-order chi connectivity index (χ0) is 19.8. The van der Waals surface area contributed by atoms with Crippen LogP contribution in [0.4, 0.5) is 4.39 Å². The number of halogens is 1. The van der Waals surface area contributed by atoms with E-state index in [1.54, 1.807) is 0 Å². The molecule has 0 aliphatic heterocycles. The van der Waals surface area contributed by atoms with E-state index in [4.69, 9.17) is 4.98 Å². The Balaban J connectivity index is 1.29. The number of aryl methyl sites for hydroxylation is 1. The van der Waals surface area contributed by atoms with Crippen LogP contribution in [-0.4, -0.2) is 10.9 Å².